The van der Waals surface area contributed by atoms with Gasteiger partial charge in [-0.2, -0.15) is 5.10 Å². The second kappa shape index (κ2) is 7.40. The Balaban J connectivity index is 2.20. The fourth-order valence-electron chi connectivity index (χ4n) is 1.68. The highest BCUT2D eigenvalue weighted by Crippen LogP contribution is 1.98. The van der Waals surface area contributed by atoms with Crippen LogP contribution in [0.2, 0.25) is 0 Å². The van der Waals surface area contributed by atoms with E-state index in [0.29, 0.717) is 6.04 Å². The van der Waals surface area contributed by atoms with Gasteiger partial charge in [0.1, 0.15) is 12.2 Å². The number of aromatic nitrogens is 3. The number of likely N-dealkylation sites (N-methyl/N-ethyl adjacent to an activating group) is 1. The first-order valence-electron chi connectivity index (χ1n) is 6.46. The third kappa shape index (κ3) is 4.44. The highest BCUT2D eigenvalue weighted by Gasteiger charge is 2.06. The number of hydrogen-bond acceptors (Lipinski definition) is 4. The van der Waals surface area contributed by atoms with Crippen LogP contribution in [-0.2, 0) is 13.1 Å². The Morgan fingerprint density at radius 3 is 2.88 bits per heavy atom. The van der Waals surface area contributed by atoms with Crippen LogP contribution in [-0.4, -0.2) is 45.8 Å². The van der Waals surface area contributed by atoms with Crippen LogP contribution >= 0.6 is 0 Å². The third-order valence-corrected chi connectivity index (χ3v) is 3.26. The Morgan fingerprint density at radius 1 is 1.47 bits per heavy atom. The largest absolute Gasteiger partial charge is 0.309 e. The van der Waals surface area contributed by atoms with Gasteiger partial charge in [-0.1, -0.05) is 6.92 Å². The van der Waals surface area contributed by atoms with Gasteiger partial charge in [0.15, 0.2) is 0 Å². The summed E-state index contributed by atoms with van der Waals surface area (Å²) < 4.78 is 1.92. The average molecular weight is 239 g/mol. The number of rotatable bonds is 8. The summed E-state index contributed by atoms with van der Waals surface area (Å²) in [6.45, 7) is 10.3. The van der Waals surface area contributed by atoms with Crippen molar-refractivity contribution in [2.75, 3.05) is 20.1 Å². The summed E-state index contributed by atoms with van der Waals surface area (Å²) in [6, 6.07) is 0.649. The summed E-state index contributed by atoms with van der Waals surface area (Å²) in [5, 5.41) is 7.55. The molecule has 0 saturated heterocycles. The van der Waals surface area contributed by atoms with Crippen molar-refractivity contribution in [3.05, 3.63) is 12.2 Å². The number of hydrogen-bond donors (Lipinski definition) is 1. The van der Waals surface area contributed by atoms with Gasteiger partial charge in [0.05, 0.1) is 6.54 Å². The molecule has 5 nitrogen and oxygen atoms in total. The molecule has 1 rings (SSSR count). The summed E-state index contributed by atoms with van der Waals surface area (Å²) in [7, 11) is 2.17. The van der Waals surface area contributed by atoms with Crippen LogP contribution in [0.4, 0.5) is 0 Å². The maximum absolute atomic E-state index is 4.23. The number of nitrogens with one attached hydrogen (secondary N) is 1. The molecule has 1 atom stereocenters. The van der Waals surface area contributed by atoms with Gasteiger partial charge >= 0.3 is 0 Å². The average Bonchev–Trinajstić information content (AvgIpc) is 2.80. The Bertz CT molecular complexity index is 310. The molecule has 1 aromatic heterocycles. The SMILES string of the molecule is CCC(C)N(C)CCNCc1ncnn1CC. The van der Waals surface area contributed by atoms with E-state index in [4.69, 9.17) is 0 Å². The van der Waals surface area contributed by atoms with Gasteiger partial charge in [-0.3, -0.25) is 0 Å². The molecule has 0 aromatic carbocycles. The van der Waals surface area contributed by atoms with Gasteiger partial charge in [0, 0.05) is 25.7 Å². The molecule has 0 radical (unpaired) electrons. The predicted molar refractivity (Wildman–Crippen MR) is 69.8 cm³/mol. The molecule has 17 heavy (non-hydrogen) atoms. The fraction of sp³-hybridized carbons (Fsp3) is 0.833. The molecular formula is C12H25N5. The summed E-state index contributed by atoms with van der Waals surface area (Å²) >= 11 is 0. The first kappa shape index (κ1) is 14.1. The topological polar surface area (TPSA) is 46.0 Å². The summed E-state index contributed by atoms with van der Waals surface area (Å²) in [5.41, 5.74) is 0. The second-order valence-corrected chi connectivity index (χ2v) is 4.41. The van der Waals surface area contributed by atoms with Crippen LogP contribution in [0.5, 0.6) is 0 Å². The first-order chi connectivity index (χ1) is 8.19. The molecule has 5 heteroatoms. The van der Waals surface area contributed by atoms with E-state index in [1.54, 1.807) is 6.33 Å². The molecule has 0 aliphatic carbocycles. The van der Waals surface area contributed by atoms with E-state index in [-0.39, 0.29) is 0 Å². The molecular weight excluding hydrogens is 214 g/mol. The summed E-state index contributed by atoms with van der Waals surface area (Å²) in [6.07, 6.45) is 2.81. The summed E-state index contributed by atoms with van der Waals surface area (Å²) in [5.74, 6) is 1.01. The van der Waals surface area contributed by atoms with Crippen molar-refractivity contribution in [2.24, 2.45) is 0 Å². The lowest BCUT2D eigenvalue weighted by molar-refractivity contribution is 0.251. The minimum atomic E-state index is 0.649. The van der Waals surface area contributed by atoms with Crippen molar-refractivity contribution >= 4 is 0 Å². The van der Waals surface area contributed by atoms with Gasteiger partial charge < -0.3 is 10.2 Å². The standard InChI is InChI=1S/C12H25N5/c1-5-11(3)16(4)8-7-13-9-12-14-10-15-17(12)6-2/h10-11,13H,5-9H2,1-4H3. The minimum Gasteiger partial charge on any atom is -0.309 e. The highest BCUT2D eigenvalue weighted by atomic mass is 15.3. The molecule has 0 bridgehead atoms. The maximum Gasteiger partial charge on any atom is 0.140 e. The van der Waals surface area contributed by atoms with Crippen molar-refractivity contribution in [1.29, 1.82) is 0 Å². The van der Waals surface area contributed by atoms with Gasteiger partial charge in [-0.25, -0.2) is 9.67 Å². The van der Waals surface area contributed by atoms with Crippen LogP contribution < -0.4 is 5.32 Å². The zero-order valence-electron chi connectivity index (χ0n) is 11.5. The van der Waals surface area contributed by atoms with E-state index in [1.165, 1.54) is 6.42 Å². The normalized spacial score (nSPS) is 13.2. The molecule has 1 N–H and O–H groups in total. The van der Waals surface area contributed by atoms with E-state index in [0.717, 1.165) is 32.0 Å². The lowest BCUT2D eigenvalue weighted by Crippen LogP contribution is -2.35. The monoisotopic (exact) mass is 239 g/mol. The molecule has 1 heterocycles. The van der Waals surface area contributed by atoms with Gasteiger partial charge in [0.25, 0.3) is 0 Å². The predicted octanol–water partition coefficient (Wildman–Crippen LogP) is 1.12. The molecule has 0 amide bonds. The molecule has 1 unspecified atom stereocenters. The molecule has 0 spiro atoms. The van der Waals surface area contributed by atoms with E-state index in [1.807, 2.05) is 4.68 Å². The van der Waals surface area contributed by atoms with Crippen molar-refractivity contribution in [2.45, 2.75) is 46.3 Å². The lowest BCUT2D eigenvalue weighted by Gasteiger charge is -2.23. The Hall–Kier alpha value is -0.940. The van der Waals surface area contributed by atoms with Crippen molar-refractivity contribution in [3.63, 3.8) is 0 Å². The highest BCUT2D eigenvalue weighted by molar-refractivity contribution is 4.83. The van der Waals surface area contributed by atoms with Crippen molar-refractivity contribution in [1.82, 2.24) is 25.0 Å². The fourth-order valence-corrected chi connectivity index (χ4v) is 1.68. The third-order valence-electron chi connectivity index (χ3n) is 3.26. The van der Waals surface area contributed by atoms with Crippen LogP contribution in [0, 0.1) is 0 Å². The number of nitrogens with zero attached hydrogens (tertiary/aromatic N) is 4. The van der Waals surface area contributed by atoms with Crippen LogP contribution in [0.1, 0.15) is 33.0 Å². The van der Waals surface area contributed by atoms with E-state index in [9.17, 15) is 0 Å². The van der Waals surface area contributed by atoms with Gasteiger partial charge in [-0.05, 0) is 27.3 Å². The van der Waals surface area contributed by atoms with Gasteiger partial charge in [0.2, 0.25) is 0 Å². The van der Waals surface area contributed by atoms with Crippen LogP contribution in [0.3, 0.4) is 0 Å². The van der Waals surface area contributed by atoms with E-state index < -0.39 is 0 Å². The molecule has 0 saturated carbocycles. The van der Waals surface area contributed by atoms with Crippen LogP contribution in [0.25, 0.3) is 0 Å². The Kier molecular flexibility index (Phi) is 6.15. The Labute approximate surface area is 104 Å². The quantitative estimate of drug-likeness (QED) is 0.691. The zero-order chi connectivity index (χ0) is 12.7. The van der Waals surface area contributed by atoms with E-state index >= 15 is 0 Å². The van der Waals surface area contributed by atoms with Crippen molar-refractivity contribution < 1.29 is 0 Å². The first-order valence-corrected chi connectivity index (χ1v) is 6.46. The zero-order valence-corrected chi connectivity index (χ0v) is 11.5. The van der Waals surface area contributed by atoms with Crippen molar-refractivity contribution in [3.8, 4) is 0 Å². The molecule has 0 aliphatic heterocycles. The van der Waals surface area contributed by atoms with Gasteiger partial charge in [-0.15, -0.1) is 0 Å². The molecule has 1 aromatic rings. The second-order valence-electron chi connectivity index (χ2n) is 4.41. The molecule has 98 valence electrons. The number of aryl methyl sites for hydroxylation is 1. The molecule has 0 fully saturated rings. The lowest BCUT2D eigenvalue weighted by atomic mass is 10.2. The van der Waals surface area contributed by atoms with Crippen LogP contribution in [0.15, 0.2) is 6.33 Å². The Morgan fingerprint density at radius 2 is 2.24 bits per heavy atom. The van der Waals surface area contributed by atoms with E-state index in [2.05, 4.69) is 48.1 Å². The summed E-state index contributed by atoms with van der Waals surface area (Å²) in [4.78, 5) is 6.60. The minimum absolute atomic E-state index is 0.649. The maximum atomic E-state index is 4.23. The smallest absolute Gasteiger partial charge is 0.140 e. The molecule has 0 aliphatic rings.